The van der Waals surface area contributed by atoms with Gasteiger partial charge in [0.25, 0.3) is 0 Å². The minimum atomic E-state index is -0.0875. The van der Waals surface area contributed by atoms with Crippen molar-refractivity contribution >= 4 is 21.7 Å². The quantitative estimate of drug-likeness (QED) is 0.811. The Morgan fingerprint density at radius 1 is 1.47 bits per heavy atom. The van der Waals surface area contributed by atoms with Gasteiger partial charge in [0.15, 0.2) is 0 Å². The van der Waals surface area contributed by atoms with Crippen LogP contribution in [-0.2, 0) is 6.42 Å². The first-order valence-electron chi connectivity index (χ1n) is 6.27. The van der Waals surface area contributed by atoms with E-state index in [9.17, 15) is 4.79 Å². The fourth-order valence-electron chi connectivity index (χ4n) is 1.99. The molecule has 2 rings (SSSR count). The number of carbonyl (C=O) groups is 1. The van der Waals surface area contributed by atoms with Gasteiger partial charge in [-0.05, 0) is 47.8 Å². The highest BCUT2D eigenvalue weighted by Gasteiger charge is 2.22. The van der Waals surface area contributed by atoms with Crippen molar-refractivity contribution < 1.29 is 4.79 Å². The average Bonchev–Trinajstić information content (AvgIpc) is 2.80. The van der Waals surface area contributed by atoms with Crippen LogP contribution in [0.4, 0.5) is 0 Å². The monoisotopic (exact) mass is 321 g/mol. The van der Waals surface area contributed by atoms with E-state index in [0.29, 0.717) is 15.9 Å². The maximum Gasteiger partial charge on any atom is 0.230 e. The first-order valence-corrected chi connectivity index (χ1v) is 7.07. The Bertz CT molecular complexity index is 604. The third kappa shape index (κ3) is 2.61. The molecular formula is C14H16BrN3O. The van der Waals surface area contributed by atoms with E-state index in [1.54, 1.807) is 17.1 Å². The molecule has 2 aromatic rings. The number of pyridine rings is 1. The second kappa shape index (κ2) is 5.65. The van der Waals surface area contributed by atoms with Crippen molar-refractivity contribution in [3.63, 3.8) is 0 Å². The fraction of sp³-hybridized carbons (Fsp3) is 0.357. The molecule has 0 aliphatic rings. The summed E-state index contributed by atoms with van der Waals surface area (Å²) >= 11 is 3.40. The van der Waals surface area contributed by atoms with E-state index in [1.165, 1.54) is 0 Å². The standard InChI is InChI=1S/C14H16BrN3O/c1-4-10-6-5-7-16-12(10)14(19)13-11(15)8-17-18(13)9(2)3/h5-9H,4H2,1-3H3. The van der Waals surface area contributed by atoms with Crippen molar-refractivity contribution in [2.24, 2.45) is 0 Å². The number of hydrogen-bond acceptors (Lipinski definition) is 3. The lowest BCUT2D eigenvalue weighted by Gasteiger charge is -2.11. The van der Waals surface area contributed by atoms with Crippen LogP contribution < -0.4 is 0 Å². The molecule has 0 spiro atoms. The number of hydrogen-bond donors (Lipinski definition) is 0. The van der Waals surface area contributed by atoms with E-state index in [2.05, 4.69) is 26.0 Å². The van der Waals surface area contributed by atoms with Gasteiger partial charge in [-0.25, -0.2) is 0 Å². The number of carbonyl (C=O) groups excluding carboxylic acids is 1. The van der Waals surface area contributed by atoms with Crippen molar-refractivity contribution in [2.45, 2.75) is 33.2 Å². The van der Waals surface area contributed by atoms with Gasteiger partial charge in [-0.1, -0.05) is 13.0 Å². The van der Waals surface area contributed by atoms with Crippen molar-refractivity contribution in [3.05, 3.63) is 46.0 Å². The molecule has 0 N–H and O–H groups in total. The molecule has 0 atom stereocenters. The van der Waals surface area contributed by atoms with Gasteiger partial charge in [0.05, 0.1) is 10.7 Å². The van der Waals surface area contributed by atoms with Crippen molar-refractivity contribution in [3.8, 4) is 0 Å². The van der Waals surface area contributed by atoms with Gasteiger partial charge in [-0.3, -0.25) is 14.5 Å². The molecule has 0 aromatic carbocycles. The van der Waals surface area contributed by atoms with E-state index in [4.69, 9.17) is 0 Å². The first-order chi connectivity index (χ1) is 9.06. The molecule has 0 radical (unpaired) electrons. The van der Waals surface area contributed by atoms with Gasteiger partial charge in [0.2, 0.25) is 5.78 Å². The lowest BCUT2D eigenvalue weighted by atomic mass is 10.1. The van der Waals surface area contributed by atoms with Crippen LogP contribution >= 0.6 is 15.9 Å². The van der Waals surface area contributed by atoms with Gasteiger partial charge in [0.1, 0.15) is 11.4 Å². The molecule has 5 heteroatoms. The Morgan fingerprint density at radius 2 is 2.21 bits per heavy atom. The second-order valence-electron chi connectivity index (χ2n) is 4.57. The van der Waals surface area contributed by atoms with E-state index >= 15 is 0 Å². The minimum Gasteiger partial charge on any atom is -0.285 e. The first kappa shape index (κ1) is 13.9. The van der Waals surface area contributed by atoms with Crippen LogP contribution in [0, 0.1) is 0 Å². The van der Waals surface area contributed by atoms with Crippen LogP contribution in [-0.4, -0.2) is 20.5 Å². The third-order valence-corrected chi connectivity index (χ3v) is 3.52. The van der Waals surface area contributed by atoms with E-state index in [1.807, 2.05) is 32.9 Å². The molecular weight excluding hydrogens is 306 g/mol. The van der Waals surface area contributed by atoms with Crippen LogP contribution in [0.1, 0.15) is 48.6 Å². The molecule has 0 aliphatic heterocycles. The summed E-state index contributed by atoms with van der Waals surface area (Å²) in [6, 6.07) is 3.91. The highest BCUT2D eigenvalue weighted by Crippen LogP contribution is 2.23. The van der Waals surface area contributed by atoms with Crippen LogP contribution in [0.3, 0.4) is 0 Å². The number of ketones is 1. The summed E-state index contributed by atoms with van der Waals surface area (Å²) < 4.78 is 2.43. The Balaban J connectivity index is 2.53. The zero-order valence-corrected chi connectivity index (χ0v) is 12.8. The molecule has 0 aliphatic carbocycles. The summed E-state index contributed by atoms with van der Waals surface area (Å²) in [6.07, 6.45) is 4.08. The Kier molecular flexibility index (Phi) is 4.14. The smallest absolute Gasteiger partial charge is 0.230 e. The normalized spacial score (nSPS) is 11.0. The molecule has 2 heterocycles. The summed E-state index contributed by atoms with van der Waals surface area (Å²) in [5.41, 5.74) is 2.02. The second-order valence-corrected chi connectivity index (χ2v) is 5.43. The summed E-state index contributed by atoms with van der Waals surface area (Å²) in [6.45, 7) is 6.01. The van der Waals surface area contributed by atoms with Gasteiger partial charge < -0.3 is 0 Å². The number of aromatic nitrogens is 3. The topological polar surface area (TPSA) is 47.8 Å². The molecule has 0 saturated heterocycles. The molecule has 0 unspecified atom stereocenters. The lowest BCUT2D eigenvalue weighted by Crippen LogP contribution is -2.16. The Labute approximate surface area is 121 Å². The summed E-state index contributed by atoms with van der Waals surface area (Å²) in [5, 5.41) is 4.24. The predicted octanol–water partition coefficient (Wildman–Crippen LogP) is 3.41. The zero-order chi connectivity index (χ0) is 14.0. The van der Waals surface area contributed by atoms with Gasteiger partial charge in [-0.15, -0.1) is 0 Å². The van der Waals surface area contributed by atoms with E-state index in [-0.39, 0.29) is 11.8 Å². The SMILES string of the molecule is CCc1cccnc1C(=O)c1c(Br)cnn1C(C)C. The molecule has 100 valence electrons. The van der Waals surface area contributed by atoms with Crippen molar-refractivity contribution in [2.75, 3.05) is 0 Å². The number of nitrogens with zero attached hydrogens (tertiary/aromatic N) is 3. The molecule has 2 aromatic heterocycles. The molecule has 19 heavy (non-hydrogen) atoms. The predicted molar refractivity (Wildman–Crippen MR) is 77.4 cm³/mol. The largest absolute Gasteiger partial charge is 0.285 e. The average molecular weight is 322 g/mol. The number of aryl methyl sites for hydroxylation is 1. The van der Waals surface area contributed by atoms with Gasteiger partial charge in [-0.2, -0.15) is 5.10 Å². The van der Waals surface area contributed by atoms with Gasteiger partial charge >= 0.3 is 0 Å². The van der Waals surface area contributed by atoms with Crippen LogP contribution in [0.15, 0.2) is 29.0 Å². The van der Waals surface area contributed by atoms with Crippen molar-refractivity contribution in [1.29, 1.82) is 0 Å². The molecule has 0 amide bonds. The van der Waals surface area contributed by atoms with Crippen molar-refractivity contribution in [1.82, 2.24) is 14.8 Å². The molecule has 4 nitrogen and oxygen atoms in total. The molecule has 0 saturated carbocycles. The Hall–Kier alpha value is -1.49. The zero-order valence-electron chi connectivity index (χ0n) is 11.2. The molecule has 0 bridgehead atoms. The van der Waals surface area contributed by atoms with Crippen LogP contribution in [0.2, 0.25) is 0 Å². The highest BCUT2D eigenvalue weighted by atomic mass is 79.9. The van der Waals surface area contributed by atoms with Crippen LogP contribution in [0.5, 0.6) is 0 Å². The third-order valence-electron chi connectivity index (χ3n) is 2.94. The fourth-order valence-corrected chi connectivity index (χ4v) is 2.44. The summed E-state index contributed by atoms with van der Waals surface area (Å²) in [5.74, 6) is -0.0875. The summed E-state index contributed by atoms with van der Waals surface area (Å²) in [4.78, 5) is 16.9. The minimum absolute atomic E-state index is 0.0875. The maximum atomic E-state index is 12.7. The van der Waals surface area contributed by atoms with Crippen LogP contribution in [0.25, 0.3) is 0 Å². The highest BCUT2D eigenvalue weighted by molar-refractivity contribution is 9.10. The molecule has 0 fully saturated rings. The number of halogens is 1. The Morgan fingerprint density at radius 3 is 2.84 bits per heavy atom. The number of rotatable bonds is 4. The lowest BCUT2D eigenvalue weighted by molar-refractivity contribution is 0.102. The van der Waals surface area contributed by atoms with Gasteiger partial charge in [0, 0.05) is 12.2 Å². The maximum absolute atomic E-state index is 12.7. The van der Waals surface area contributed by atoms with E-state index in [0.717, 1.165) is 12.0 Å². The van der Waals surface area contributed by atoms with E-state index < -0.39 is 0 Å². The summed E-state index contributed by atoms with van der Waals surface area (Å²) in [7, 11) is 0.